The monoisotopic (exact) mass is 314 g/mol. The van der Waals surface area contributed by atoms with Crippen molar-refractivity contribution in [2.24, 2.45) is 0 Å². The van der Waals surface area contributed by atoms with Gasteiger partial charge in [0, 0.05) is 25.0 Å². The Labute approximate surface area is 135 Å². The molecule has 2 N–H and O–H groups in total. The number of rotatable bonds is 6. The molecule has 6 heteroatoms. The second-order valence-electron chi connectivity index (χ2n) is 5.70. The van der Waals surface area contributed by atoms with Crippen LogP contribution in [0.5, 0.6) is 5.75 Å². The third-order valence-corrected chi connectivity index (χ3v) is 4.05. The van der Waals surface area contributed by atoms with Crippen LogP contribution >= 0.6 is 0 Å². The fourth-order valence-electron chi connectivity index (χ4n) is 2.64. The van der Waals surface area contributed by atoms with E-state index in [1.165, 1.54) is 0 Å². The minimum absolute atomic E-state index is 0.0712. The van der Waals surface area contributed by atoms with E-state index in [-0.39, 0.29) is 11.9 Å². The average molecular weight is 314 g/mol. The summed E-state index contributed by atoms with van der Waals surface area (Å²) < 4.78 is 7.69. The molecule has 0 saturated heterocycles. The van der Waals surface area contributed by atoms with E-state index in [0.29, 0.717) is 6.42 Å². The van der Waals surface area contributed by atoms with Gasteiger partial charge >= 0.3 is 0 Å². The molecular weight excluding hydrogens is 292 g/mol. The SMILES string of the molecule is CCC1Oc2cc(C(C)NCCn3cccn3)ccc2NC1=O. The highest BCUT2D eigenvalue weighted by Crippen LogP contribution is 2.32. The van der Waals surface area contributed by atoms with Crippen LogP contribution in [0.3, 0.4) is 0 Å². The number of aromatic nitrogens is 2. The summed E-state index contributed by atoms with van der Waals surface area (Å²) in [6, 6.07) is 8.03. The minimum Gasteiger partial charge on any atom is -0.478 e. The molecule has 2 aromatic rings. The van der Waals surface area contributed by atoms with Gasteiger partial charge in [-0.3, -0.25) is 9.48 Å². The van der Waals surface area contributed by atoms with Gasteiger partial charge in [-0.25, -0.2) is 0 Å². The van der Waals surface area contributed by atoms with Gasteiger partial charge in [-0.05, 0) is 37.1 Å². The summed E-state index contributed by atoms with van der Waals surface area (Å²) in [5, 5.41) is 10.6. The number of benzene rings is 1. The second-order valence-corrected chi connectivity index (χ2v) is 5.70. The molecule has 1 aromatic carbocycles. The fraction of sp³-hybridized carbons (Fsp3) is 0.412. The first-order valence-electron chi connectivity index (χ1n) is 7.99. The van der Waals surface area contributed by atoms with Crippen LogP contribution in [0, 0.1) is 0 Å². The first kappa shape index (κ1) is 15.6. The summed E-state index contributed by atoms with van der Waals surface area (Å²) in [5.41, 5.74) is 1.88. The Bertz CT molecular complexity index is 669. The van der Waals surface area contributed by atoms with Crippen LogP contribution in [0.4, 0.5) is 5.69 Å². The van der Waals surface area contributed by atoms with Gasteiger partial charge in [0.05, 0.1) is 12.2 Å². The maximum atomic E-state index is 11.8. The fourth-order valence-corrected chi connectivity index (χ4v) is 2.64. The molecule has 0 spiro atoms. The number of ether oxygens (including phenoxy) is 1. The lowest BCUT2D eigenvalue weighted by Gasteiger charge is -2.26. The largest absolute Gasteiger partial charge is 0.478 e. The zero-order valence-corrected chi connectivity index (χ0v) is 13.5. The van der Waals surface area contributed by atoms with Crippen molar-refractivity contribution in [3.8, 4) is 5.75 Å². The van der Waals surface area contributed by atoms with Crippen LogP contribution in [0.1, 0.15) is 31.9 Å². The lowest BCUT2D eigenvalue weighted by molar-refractivity contribution is -0.123. The van der Waals surface area contributed by atoms with Crippen LogP contribution in [-0.2, 0) is 11.3 Å². The second kappa shape index (κ2) is 6.83. The third-order valence-electron chi connectivity index (χ3n) is 4.05. The zero-order valence-electron chi connectivity index (χ0n) is 13.5. The number of carbonyl (C=O) groups is 1. The maximum absolute atomic E-state index is 11.8. The highest BCUT2D eigenvalue weighted by molar-refractivity contribution is 5.97. The number of amides is 1. The number of anilines is 1. The van der Waals surface area contributed by atoms with Gasteiger partial charge in [-0.2, -0.15) is 5.10 Å². The Balaban J connectivity index is 1.63. The molecular formula is C17H22N4O2. The van der Waals surface area contributed by atoms with Crippen LogP contribution < -0.4 is 15.4 Å². The molecule has 1 amide bonds. The van der Waals surface area contributed by atoms with Crippen molar-refractivity contribution in [2.75, 3.05) is 11.9 Å². The van der Waals surface area contributed by atoms with E-state index in [0.717, 1.165) is 30.1 Å². The van der Waals surface area contributed by atoms with Gasteiger partial charge in [0.1, 0.15) is 5.75 Å². The number of carbonyl (C=O) groups excluding carboxylic acids is 1. The van der Waals surface area contributed by atoms with Crippen LogP contribution in [-0.4, -0.2) is 28.3 Å². The predicted molar refractivity (Wildman–Crippen MR) is 88.4 cm³/mol. The molecule has 1 aliphatic heterocycles. The molecule has 0 saturated carbocycles. The molecule has 3 rings (SSSR count). The quantitative estimate of drug-likeness (QED) is 0.859. The molecule has 1 aliphatic rings. The lowest BCUT2D eigenvalue weighted by atomic mass is 10.1. The molecule has 23 heavy (non-hydrogen) atoms. The van der Waals surface area contributed by atoms with E-state index < -0.39 is 6.10 Å². The van der Waals surface area contributed by atoms with Crippen LogP contribution in [0.2, 0.25) is 0 Å². The number of nitrogens with one attached hydrogen (secondary N) is 2. The molecule has 0 aliphatic carbocycles. The Hall–Kier alpha value is -2.34. The summed E-state index contributed by atoms with van der Waals surface area (Å²) in [7, 11) is 0. The summed E-state index contributed by atoms with van der Waals surface area (Å²) >= 11 is 0. The van der Waals surface area contributed by atoms with Gasteiger partial charge in [0.2, 0.25) is 0 Å². The topological polar surface area (TPSA) is 68.2 Å². The van der Waals surface area contributed by atoms with E-state index in [4.69, 9.17) is 4.74 Å². The van der Waals surface area contributed by atoms with Gasteiger partial charge in [0.15, 0.2) is 6.10 Å². The Kier molecular flexibility index (Phi) is 4.62. The molecule has 2 atom stereocenters. The number of hydrogen-bond acceptors (Lipinski definition) is 4. The number of fused-ring (bicyclic) bond motifs is 1. The molecule has 0 fully saturated rings. The molecule has 1 aromatic heterocycles. The first-order valence-corrected chi connectivity index (χ1v) is 7.99. The smallest absolute Gasteiger partial charge is 0.265 e. The van der Waals surface area contributed by atoms with Gasteiger partial charge in [-0.15, -0.1) is 0 Å². The molecule has 6 nitrogen and oxygen atoms in total. The highest BCUT2D eigenvalue weighted by Gasteiger charge is 2.26. The van der Waals surface area contributed by atoms with Crippen molar-refractivity contribution in [1.29, 1.82) is 0 Å². The highest BCUT2D eigenvalue weighted by atomic mass is 16.5. The van der Waals surface area contributed by atoms with E-state index in [2.05, 4.69) is 22.7 Å². The summed E-state index contributed by atoms with van der Waals surface area (Å²) in [6.07, 6.45) is 3.99. The average Bonchev–Trinajstić information content (AvgIpc) is 3.07. The molecule has 2 unspecified atom stereocenters. The summed E-state index contributed by atoms with van der Waals surface area (Å²) in [6.45, 7) is 5.71. The van der Waals surface area contributed by atoms with Crippen molar-refractivity contribution in [2.45, 2.75) is 39.0 Å². The lowest BCUT2D eigenvalue weighted by Crippen LogP contribution is -2.36. The zero-order chi connectivity index (χ0) is 16.2. The van der Waals surface area contributed by atoms with Gasteiger partial charge in [0.25, 0.3) is 5.91 Å². The number of nitrogens with zero attached hydrogens (tertiary/aromatic N) is 2. The van der Waals surface area contributed by atoms with E-state index >= 15 is 0 Å². The molecule has 2 heterocycles. The van der Waals surface area contributed by atoms with Gasteiger partial charge < -0.3 is 15.4 Å². The predicted octanol–water partition coefficient (Wildman–Crippen LogP) is 2.34. The normalized spacial score (nSPS) is 18.0. The summed E-state index contributed by atoms with van der Waals surface area (Å²) in [4.78, 5) is 11.8. The van der Waals surface area contributed by atoms with E-state index in [1.807, 2.05) is 42.1 Å². The van der Waals surface area contributed by atoms with E-state index in [1.54, 1.807) is 6.20 Å². The van der Waals surface area contributed by atoms with Crippen molar-refractivity contribution in [3.05, 3.63) is 42.2 Å². The number of hydrogen-bond donors (Lipinski definition) is 2. The van der Waals surface area contributed by atoms with Crippen molar-refractivity contribution in [3.63, 3.8) is 0 Å². The van der Waals surface area contributed by atoms with Crippen LogP contribution in [0.15, 0.2) is 36.7 Å². The third kappa shape index (κ3) is 3.53. The summed E-state index contributed by atoms with van der Waals surface area (Å²) in [5.74, 6) is 0.674. The molecule has 0 radical (unpaired) electrons. The van der Waals surface area contributed by atoms with Crippen LogP contribution in [0.25, 0.3) is 0 Å². The maximum Gasteiger partial charge on any atom is 0.265 e. The Morgan fingerprint density at radius 1 is 1.48 bits per heavy atom. The minimum atomic E-state index is -0.402. The standard InChI is InChI=1S/C17H22N4O2/c1-3-15-17(22)20-14-6-5-13(11-16(14)23-15)12(2)18-8-10-21-9-4-7-19-21/h4-7,9,11-12,15,18H,3,8,10H2,1-2H3,(H,20,22). The molecule has 122 valence electrons. The Morgan fingerprint density at radius 3 is 3.09 bits per heavy atom. The van der Waals surface area contributed by atoms with Crippen molar-refractivity contribution >= 4 is 11.6 Å². The first-order chi connectivity index (χ1) is 11.2. The molecule has 0 bridgehead atoms. The van der Waals surface area contributed by atoms with Crippen molar-refractivity contribution in [1.82, 2.24) is 15.1 Å². The Morgan fingerprint density at radius 2 is 2.35 bits per heavy atom. The van der Waals surface area contributed by atoms with Crippen molar-refractivity contribution < 1.29 is 9.53 Å². The van der Waals surface area contributed by atoms with Gasteiger partial charge in [-0.1, -0.05) is 13.0 Å². The van der Waals surface area contributed by atoms with E-state index in [9.17, 15) is 4.79 Å².